The third-order valence-electron chi connectivity index (χ3n) is 3.79. The summed E-state index contributed by atoms with van der Waals surface area (Å²) in [5, 5.41) is 2.42. The first-order valence-corrected chi connectivity index (χ1v) is 7.00. The summed E-state index contributed by atoms with van der Waals surface area (Å²) in [7, 11) is 0. The standard InChI is InChI=1S/C14H15ClF2N2O2/c1-3-14(4-2)13(21)19(7-11(20)18-14)12-9(15)5-8(16)6-10(12)17/h5-6H,3-4,7H2,1-2H3,(H,18,20). The Morgan fingerprint density at radius 3 is 2.43 bits per heavy atom. The van der Waals surface area contributed by atoms with Crippen LogP contribution in [0.5, 0.6) is 0 Å². The molecule has 0 spiro atoms. The number of anilines is 1. The Morgan fingerprint density at radius 2 is 1.90 bits per heavy atom. The molecule has 0 aliphatic carbocycles. The number of hydrogen-bond donors (Lipinski definition) is 1. The van der Waals surface area contributed by atoms with Gasteiger partial charge in [0.1, 0.15) is 17.9 Å². The van der Waals surface area contributed by atoms with Crippen molar-refractivity contribution in [1.82, 2.24) is 5.32 Å². The summed E-state index contributed by atoms with van der Waals surface area (Å²) in [6, 6.07) is 1.56. The molecule has 0 atom stereocenters. The summed E-state index contributed by atoms with van der Waals surface area (Å²) in [4.78, 5) is 25.5. The number of rotatable bonds is 3. The summed E-state index contributed by atoms with van der Waals surface area (Å²) in [6.45, 7) is 3.17. The van der Waals surface area contributed by atoms with E-state index < -0.39 is 29.0 Å². The summed E-state index contributed by atoms with van der Waals surface area (Å²) >= 11 is 5.86. The number of benzene rings is 1. The molecule has 0 radical (unpaired) electrons. The fourth-order valence-electron chi connectivity index (χ4n) is 2.54. The summed E-state index contributed by atoms with van der Waals surface area (Å²) in [5.74, 6) is -2.66. The molecule has 0 saturated carbocycles. The van der Waals surface area contributed by atoms with Crippen LogP contribution < -0.4 is 10.2 Å². The molecular formula is C14H15ClF2N2O2. The van der Waals surface area contributed by atoms with Gasteiger partial charge in [-0.15, -0.1) is 0 Å². The fraction of sp³-hybridized carbons (Fsp3) is 0.429. The highest BCUT2D eigenvalue weighted by molar-refractivity contribution is 6.34. The maximum Gasteiger partial charge on any atom is 0.253 e. The molecule has 1 N–H and O–H groups in total. The Kier molecular flexibility index (Phi) is 4.18. The number of hydrogen-bond acceptors (Lipinski definition) is 2. The second-order valence-electron chi connectivity index (χ2n) is 4.95. The minimum atomic E-state index is -1.08. The van der Waals surface area contributed by atoms with Crippen molar-refractivity contribution >= 4 is 29.1 Å². The molecule has 114 valence electrons. The highest BCUT2D eigenvalue weighted by Gasteiger charge is 2.45. The van der Waals surface area contributed by atoms with Gasteiger partial charge in [-0.05, 0) is 18.9 Å². The predicted molar refractivity (Wildman–Crippen MR) is 75.2 cm³/mol. The van der Waals surface area contributed by atoms with Crippen LogP contribution in [0.25, 0.3) is 0 Å². The van der Waals surface area contributed by atoms with Gasteiger partial charge in [0.15, 0.2) is 5.82 Å². The highest BCUT2D eigenvalue weighted by atomic mass is 35.5. The van der Waals surface area contributed by atoms with Gasteiger partial charge in [0.25, 0.3) is 5.91 Å². The lowest BCUT2D eigenvalue weighted by Crippen LogP contribution is -2.66. The van der Waals surface area contributed by atoms with Crippen molar-refractivity contribution in [2.75, 3.05) is 11.4 Å². The van der Waals surface area contributed by atoms with Crippen molar-refractivity contribution < 1.29 is 18.4 Å². The normalized spacial score (nSPS) is 17.9. The molecule has 0 unspecified atom stereocenters. The van der Waals surface area contributed by atoms with Crippen molar-refractivity contribution in [3.63, 3.8) is 0 Å². The van der Waals surface area contributed by atoms with Gasteiger partial charge in [0, 0.05) is 6.07 Å². The highest BCUT2D eigenvalue weighted by Crippen LogP contribution is 2.34. The second kappa shape index (κ2) is 5.60. The van der Waals surface area contributed by atoms with Gasteiger partial charge in [0.05, 0.1) is 10.7 Å². The molecule has 0 aromatic heterocycles. The number of carbonyl (C=O) groups is 2. The molecule has 1 heterocycles. The third-order valence-corrected chi connectivity index (χ3v) is 4.08. The van der Waals surface area contributed by atoms with Crippen molar-refractivity contribution in [2.24, 2.45) is 0 Å². The molecule has 4 nitrogen and oxygen atoms in total. The maximum absolute atomic E-state index is 14.0. The van der Waals surface area contributed by atoms with E-state index in [1.54, 1.807) is 13.8 Å². The molecule has 2 amide bonds. The zero-order valence-corrected chi connectivity index (χ0v) is 12.4. The summed E-state index contributed by atoms with van der Waals surface area (Å²) in [5.41, 5.74) is -1.34. The van der Waals surface area contributed by atoms with Crippen molar-refractivity contribution in [2.45, 2.75) is 32.2 Å². The number of amides is 2. The lowest BCUT2D eigenvalue weighted by atomic mass is 9.88. The van der Waals surface area contributed by atoms with E-state index in [1.807, 2.05) is 0 Å². The Morgan fingerprint density at radius 1 is 1.29 bits per heavy atom. The van der Waals surface area contributed by atoms with E-state index >= 15 is 0 Å². The molecule has 21 heavy (non-hydrogen) atoms. The van der Waals surface area contributed by atoms with Crippen LogP contribution >= 0.6 is 11.6 Å². The van der Waals surface area contributed by atoms with Gasteiger partial charge < -0.3 is 5.32 Å². The average molecular weight is 317 g/mol. The molecule has 7 heteroatoms. The van der Waals surface area contributed by atoms with Crippen LogP contribution in [0.1, 0.15) is 26.7 Å². The Labute approximate surface area is 126 Å². The molecule has 1 aromatic carbocycles. The minimum absolute atomic E-state index is 0.239. The molecule has 1 fully saturated rings. The van der Waals surface area contributed by atoms with E-state index in [1.165, 1.54) is 0 Å². The number of halogens is 3. The van der Waals surface area contributed by atoms with Crippen LogP contribution in [0.2, 0.25) is 5.02 Å². The van der Waals surface area contributed by atoms with Crippen molar-refractivity contribution in [3.05, 3.63) is 28.8 Å². The molecule has 1 aliphatic heterocycles. The van der Waals surface area contributed by atoms with Crippen molar-refractivity contribution in [1.29, 1.82) is 0 Å². The quantitative estimate of drug-likeness (QED) is 0.932. The zero-order valence-electron chi connectivity index (χ0n) is 11.7. The molecule has 0 bridgehead atoms. The van der Waals surface area contributed by atoms with E-state index in [4.69, 9.17) is 11.6 Å². The Bertz CT molecular complexity index is 580. The van der Waals surface area contributed by atoms with Gasteiger partial charge in [0.2, 0.25) is 5.91 Å². The molecule has 1 aromatic rings. The van der Waals surface area contributed by atoms with Gasteiger partial charge in [-0.3, -0.25) is 14.5 Å². The SMILES string of the molecule is CCC1(CC)NC(=O)CN(c2c(F)cc(F)cc2Cl)C1=O. The van der Waals surface area contributed by atoms with Crippen LogP contribution in [0, 0.1) is 11.6 Å². The van der Waals surface area contributed by atoms with Gasteiger partial charge in [-0.25, -0.2) is 8.78 Å². The first-order valence-electron chi connectivity index (χ1n) is 6.62. The van der Waals surface area contributed by atoms with Crippen LogP contribution in [-0.4, -0.2) is 23.9 Å². The van der Waals surface area contributed by atoms with E-state index in [-0.39, 0.29) is 17.3 Å². The monoisotopic (exact) mass is 316 g/mol. The number of nitrogens with zero attached hydrogens (tertiary/aromatic N) is 1. The second-order valence-corrected chi connectivity index (χ2v) is 5.35. The first-order chi connectivity index (χ1) is 9.84. The number of piperazine rings is 1. The first kappa shape index (κ1) is 15.7. The molecule has 2 rings (SSSR count). The summed E-state index contributed by atoms with van der Waals surface area (Å²) < 4.78 is 27.1. The van der Waals surface area contributed by atoms with E-state index in [0.717, 1.165) is 11.0 Å². The Hall–Kier alpha value is -1.69. The lowest BCUT2D eigenvalue weighted by Gasteiger charge is -2.41. The van der Waals surface area contributed by atoms with Gasteiger partial charge in [-0.2, -0.15) is 0 Å². The van der Waals surface area contributed by atoms with Crippen LogP contribution in [0.3, 0.4) is 0 Å². The maximum atomic E-state index is 14.0. The Balaban J connectivity index is 2.53. The van der Waals surface area contributed by atoms with Gasteiger partial charge in [-0.1, -0.05) is 25.4 Å². The number of carbonyl (C=O) groups excluding carboxylic acids is 2. The van der Waals surface area contributed by atoms with Crippen molar-refractivity contribution in [3.8, 4) is 0 Å². The van der Waals surface area contributed by atoms with Crippen LogP contribution in [-0.2, 0) is 9.59 Å². The van der Waals surface area contributed by atoms with E-state index in [0.29, 0.717) is 18.9 Å². The van der Waals surface area contributed by atoms with E-state index in [2.05, 4.69) is 5.32 Å². The lowest BCUT2D eigenvalue weighted by molar-refractivity contribution is -0.136. The summed E-state index contributed by atoms with van der Waals surface area (Å²) in [6.07, 6.45) is 0.732. The van der Waals surface area contributed by atoms with E-state index in [9.17, 15) is 18.4 Å². The largest absolute Gasteiger partial charge is 0.340 e. The minimum Gasteiger partial charge on any atom is -0.340 e. The smallest absolute Gasteiger partial charge is 0.253 e. The topological polar surface area (TPSA) is 49.4 Å². The van der Waals surface area contributed by atoms with Crippen LogP contribution in [0.15, 0.2) is 12.1 Å². The van der Waals surface area contributed by atoms with Gasteiger partial charge >= 0.3 is 0 Å². The third kappa shape index (κ3) is 2.60. The molecule has 1 aliphatic rings. The zero-order chi connectivity index (χ0) is 15.8. The molecule has 1 saturated heterocycles. The van der Waals surface area contributed by atoms with Crippen LogP contribution in [0.4, 0.5) is 14.5 Å². The fourth-order valence-corrected chi connectivity index (χ4v) is 2.83. The number of nitrogens with one attached hydrogen (secondary N) is 1. The average Bonchev–Trinajstić information content (AvgIpc) is 2.41. The predicted octanol–water partition coefficient (Wildman–Crippen LogP) is 2.64. The molecular weight excluding hydrogens is 302 g/mol.